The SMILES string of the molecule is CCOC(=O)CN(CC)C(=O)NC(CC(N)=O)C(=O)O. The Morgan fingerprint density at radius 1 is 1.30 bits per heavy atom. The summed E-state index contributed by atoms with van der Waals surface area (Å²) in [4.78, 5) is 45.7. The number of ether oxygens (including phenoxy) is 1. The first kappa shape index (κ1) is 17.7. The molecule has 0 fully saturated rings. The molecule has 0 heterocycles. The summed E-state index contributed by atoms with van der Waals surface area (Å²) < 4.78 is 4.69. The number of nitrogens with two attached hydrogens (primary N) is 1. The van der Waals surface area contributed by atoms with E-state index in [2.05, 4.69) is 5.32 Å². The largest absolute Gasteiger partial charge is 0.480 e. The zero-order chi connectivity index (χ0) is 15.7. The normalized spacial score (nSPS) is 11.3. The molecule has 9 nitrogen and oxygen atoms in total. The van der Waals surface area contributed by atoms with Gasteiger partial charge < -0.3 is 25.8 Å². The fourth-order valence-electron chi connectivity index (χ4n) is 1.33. The highest BCUT2D eigenvalue weighted by atomic mass is 16.5. The van der Waals surface area contributed by atoms with Gasteiger partial charge in [-0.2, -0.15) is 0 Å². The molecule has 0 aromatic rings. The molecule has 3 amide bonds. The van der Waals surface area contributed by atoms with Gasteiger partial charge in [-0.05, 0) is 13.8 Å². The van der Waals surface area contributed by atoms with E-state index in [1.807, 2.05) is 0 Å². The zero-order valence-corrected chi connectivity index (χ0v) is 11.4. The van der Waals surface area contributed by atoms with Gasteiger partial charge in [-0.3, -0.25) is 9.59 Å². The van der Waals surface area contributed by atoms with Crippen LogP contribution >= 0.6 is 0 Å². The molecular formula is C11H19N3O6. The molecule has 9 heteroatoms. The number of primary amides is 1. The predicted molar refractivity (Wildman–Crippen MR) is 67.6 cm³/mol. The maximum absolute atomic E-state index is 11.8. The Morgan fingerprint density at radius 3 is 2.30 bits per heavy atom. The van der Waals surface area contributed by atoms with Crippen molar-refractivity contribution in [2.45, 2.75) is 26.3 Å². The summed E-state index contributed by atoms with van der Waals surface area (Å²) in [6.07, 6.45) is -0.530. The summed E-state index contributed by atoms with van der Waals surface area (Å²) in [6, 6.07) is -2.22. The number of urea groups is 1. The van der Waals surface area contributed by atoms with Crippen molar-refractivity contribution in [2.24, 2.45) is 5.73 Å². The van der Waals surface area contributed by atoms with Gasteiger partial charge in [0.15, 0.2) is 0 Å². The molecule has 114 valence electrons. The molecule has 0 saturated carbocycles. The van der Waals surface area contributed by atoms with Gasteiger partial charge in [0.25, 0.3) is 0 Å². The summed E-state index contributed by atoms with van der Waals surface area (Å²) in [7, 11) is 0. The standard InChI is InChI=1S/C11H19N3O6/c1-3-14(6-9(16)20-4-2)11(19)13-7(10(17)18)5-8(12)15/h7H,3-6H2,1-2H3,(H2,12,15)(H,13,19)(H,17,18). The highest BCUT2D eigenvalue weighted by molar-refractivity contribution is 5.88. The number of hydrogen-bond donors (Lipinski definition) is 3. The Morgan fingerprint density at radius 2 is 1.90 bits per heavy atom. The maximum atomic E-state index is 11.8. The number of carbonyl (C=O) groups is 4. The molecule has 0 spiro atoms. The number of rotatable bonds is 8. The second-order valence-electron chi connectivity index (χ2n) is 3.83. The molecule has 0 rings (SSSR count). The number of hydrogen-bond acceptors (Lipinski definition) is 5. The number of nitrogens with zero attached hydrogens (tertiary/aromatic N) is 1. The van der Waals surface area contributed by atoms with Crippen LogP contribution in [0.15, 0.2) is 0 Å². The zero-order valence-electron chi connectivity index (χ0n) is 11.4. The highest BCUT2D eigenvalue weighted by Gasteiger charge is 2.25. The summed E-state index contributed by atoms with van der Waals surface area (Å²) in [6.45, 7) is 3.29. The maximum Gasteiger partial charge on any atom is 0.326 e. The van der Waals surface area contributed by atoms with Crippen LogP contribution in [-0.2, 0) is 19.1 Å². The first-order valence-electron chi connectivity index (χ1n) is 6.03. The highest BCUT2D eigenvalue weighted by Crippen LogP contribution is 1.97. The molecule has 0 bridgehead atoms. The van der Waals surface area contributed by atoms with Crippen molar-refractivity contribution in [3.8, 4) is 0 Å². The molecule has 0 aliphatic carbocycles. The first-order valence-corrected chi connectivity index (χ1v) is 6.03. The number of aliphatic carboxylic acids is 1. The van der Waals surface area contributed by atoms with Crippen LogP contribution in [0.25, 0.3) is 0 Å². The number of carboxylic acid groups (broad SMARTS) is 1. The lowest BCUT2D eigenvalue weighted by Gasteiger charge is -2.22. The fourth-order valence-corrected chi connectivity index (χ4v) is 1.33. The molecule has 4 N–H and O–H groups in total. The van der Waals surface area contributed by atoms with E-state index in [1.165, 1.54) is 0 Å². The van der Waals surface area contributed by atoms with Crippen LogP contribution in [0.4, 0.5) is 4.79 Å². The Kier molecular flexibility index (Phi) is 7.71. The van der Waals surface area contributed by atoms with E-state index >= 15 is 0 Å². The van der Waals surface area contributed by atoms with Crippen LogP contribution in [-0.4, -0.2) is 59.6 Å². The van der Waals surface area contributed by atoms with Crippen molar-refractivity contribution in [1.29, 1.82) is 0 Å². The molecule has 0 saturated heterocycles. The molecule has 0 aliphatic heterocycles. The van der Waals surface area contributed by atoms with E-state index in [0.717, 1.165) is 4.90 Å². The van der Waals surface area contributed by atoms with E-state index in [-0.39, 0.29) is 19.7 Å². The molecule has 0 aromatic carbocycles. The Labute approximate surface area is 116 Å². The topological polar surface area (TPSA) is 139 Å². The number of carboxylic acids is 1. The lowest BCUT2D eigenvalue weighted by Crippen LogP contribution is -2.50. The second kappa shape index (κ2) is 8.73. The summed E-state index contributed by atoms with van der Waals surface area (Å²) in [5.41, 5.74) is 4.89. The quantitative estimate of drug-likeness (QED) is 0.485. The van der Waals surface area contributed by atoms with Crippen molar-refractivity contribution in [1.82, 2.24) is 10.2 Å². The van der Waals surface area contributed by atoms with Gasteiger partial charge in [-0.15, -0.1) is 0 Å². The summed E-state index contributed by atoms with van der Waals surface area (Å²) in [5, 5.41) is 11.0. The van der Waals surface area contributed by atoms with Gasteiger partial charge >= 0.3 is 18.0 Å². The molecule has 0 aromatic heterocycles. The first-order chi connectivity index (χ1) is 9.31. The van der Waals surface area contributed by atoms with Crippen molar-refractivity contribution in [3.05, 3.63) is 0 Å². The van der Waals surface area contributed by atoms with Crippen molar-refractivity contribution >= 4 is 23.9 Å². The molecule has 1 unspecified atom stereocenters. The third-order valence-corrected chi connectivity index (χ3v) is 2.30. The number of nitrogens with one attached hydrogen (secondary N) is 1. The lowest BCUT2D eigenvalue weighted by molar-refractivity contribution is -0.143. The number of likely N-dealkylation sites (N-methyl/N-ethyl adjacent to an activating group) is 1. The van der Waals surface area contributed by atoms with Gasteiger partial charge in [0.05, 0.1) is 13.0 Å². The van der Waals surface area contributed by atoms with Crippen LogP contribution in [0.1, 0.15) is 20.3 Å². The molecule has 0 aliphatic rings. The summed E-state index contributed by atoms with van der Waals surface area (Å²) >= 11 is 0. The smallest absolute Gasteiger partial charge is 0.326 e. The third kappa shape index (κ3) is 6.57. The van der Waals surface area contributed by atoms with Crippen LogP contribution in [0, 0.1) is 0 Å². The number of amides is 3. The molecule has 20 heavy (non-hydrogen) atoms. The average molecular weight is 289 g/mol. The lowest BCUT2D eigenvalue weighted by atomic mass is 10.2. The second-order valence-corrected chi connectivity index (χ2v) is 3.83. The third-order valence-electron chi connectivity index (χ3n) is 2.30. The monoisotopic (exact) mass is 289 g/mol. The molecule has 0 radical (unpaired) electrons. The van der Waals surface area contributed by atoms with Gasteiger partial charge in [-0.25, -0.2) is 9.59 Å². The van der Waals surface area contributed by atoms with Crippen LogP contribution in [0.5, 0.6) is 0 Å². The minimum absolute atomic E-state index is 0.174. The van der Waals surface area contributed by atoms with E-state index in [9.17, 15) is 19.2 Å². The number of esters is 1. The van der Waals surface area contributed by atoms with E-state index in [1.54, 1.807) is 13.8 Å². The van der Waals surface area contributed by atoms with Crippen molar-refractivity contribution in [3.63, 3.8) is 0 Å². The van der Waals surface area contributed by atoms with Gasteiger partial charge in [0.1, 0.15) is 12.6 Å². The van der Waals surface area contributed by atoms with Gasteiger partial charge in [0, 0.05) is 6.54 Å². The Balaban J connectivity index is 4.62. The van der Waals surface area contributed by atoms with Crippen LogP contribution < -0.4 is 11.1 Å². The fraction of sp³-hybridized carbons (Fsp3) is 0.636. The van der Waals surface area contributed by atoms with Crippen molar-refractivity contribution < 1.29 is 29.0 Å². The van der Waals surface area contributed by atoms with Crippen LogP contribution in [0.2, 0.25) is 0 Å². The Hall–Kier alpha value is -2.32. The van der Waals surface area contributed by atoms with Gasteiger partial charge in [0.2, 0.25) is 5.91 Å². The Bertz CT molecular complexity index is 384. The van der Waals surface area contributed by atoms with E-state index in [4.69, 9.17) is 15.6 Å². The minimum atomic E-state index is -1.43. The van der Waals surface area contributed by atoms with E-state index in [0.29, 0.717) is 0 Å². The molecule has 1 atom stereocenters. The summed E-state index contributed by atoms with van der Waals surface area (Å²) in [5.74, 6) is -2.85. The predicted octanol–water partition coefficient (Wildman–Crippen LogP) is -1.09. The van der Waals surface area contributed by atoms with Crippen LogP contribution in [0.3, 0.4) is 0 Å². The van der Waals surface area contributed by atoms with Crippen molar-refractivity contribution in [2.75, 3.05) is 19.7 Å². The number of carbonyl (C=O) groups excluding carboxylic acids is 3. The molecular weight excluding hydrogens is 270 g/mol. The van der Waals surface area contributed by atoms with Gasteiger partial charge in [-0.1, -0.05) is 0 Å². The van der Waals surface area contributed by atoms with E-state index < -0.39 is 36.3 Å². The average Bonchev–Trinajstić information content (AvgIpc) is 2.34. The minimum Gasteiger partial charge on any atom is -0.480 e.